The van der Waals surface area contributed by atoms with Crippen molar-refractivity contribution < 1.29 is 9.90 Å². The molecule has 1 atom stereocenters. The Labute approximate surface area is 97.3 Å². The lowest BCUT2D eigenvalue weighted by molar-refractivity contribution is 0.0874. The average molecular weight is 220 g/mol. The van der Waals surface area contributed by atoms with Crippen LogP contribution in [0.15, 0.2) is 12.1 Å². The Morgan fingerprint density at radius 2 is 1.75 bits per heavy atom. The first-order chi connectivity index (χ1) is 7.45. The summed E-state index contributed by atoms with van der Waals surface area (Å²) in [5, 5.41) is 9.51. The van der Waals surface area contributed by atoms with Crippen LogP contribution in [0.2, 0.25) is 0 Å². The van der Waals surface area contributed by atoms with Gasteiger partial charge in [-0.2, -0.15) is 0 Å². The van der Waals surface area contributed by atoms with E-state index in [9.17, 15) is 9.90 Å². The Hall–Kier alpha value is -1.15. The molecule has 1 rings (SSSR count). The van der Waals surface area contributed by atoms with Crippen molar-refractivity contribution >= 4 is 5.78 Å². The normalized spacial score (nSPS) is 12.6. The average Bonchev–Trinajstić information content (AvgIpc) is 2.15. The molecule has 16 heavy (non-hydrogen) atoms. The monoisotopic (exact) mass is 220 g/mol. The summed E-state index contributed by atoms with van der Waals surface area (Å²) in [5.41, 5.74) is 3.96. The summed E-state index contributed by atoms with van der Waals surface area (Å²) in [6.45, 7) is 7.80. The zero-order chi connectivity index (χ0) is 12.3. The molecule has 0 amide bonds. The van der Waals surface area contributed by atoms with E-state index in [1.54, 1.807) is 0 Å². The molecule has 0 radical (unpaired) electrons. The molecule has 1 aromatic carbocycles. The molecule has 1 N–H and O–H groups in total. The fourth-order valence-electron chi connectivity index (χ4n) is 2.08. The van der Waals surface area contributed by atoms with Crippen molar-refractivity contribution in [2.45, 2.75) is 46.6 Å². The van der Waals surface area contributed by atoms with Crippen molar-refractivity contribution in [2.24, 2.45) is 0 Å². The molecule has 0 fully saturated rings. The standard InChI is InChI=1S/C14H20O2/c1-5-12(15)8-13(16)14-10(3)6-9(2)7-11(14)4/h6-7,12,15H,5,8H2,1-4H3. The maximum Gasteiger partial charge on any atom is 0.165 e. The third-order valence-electron chi connectivity index (χ3n) is 2.85. The molecule has 0 aliphatic heterocycles. The lowest BCUT2D eigenvalue weighted by atomic mass is 9.94. The van der Waals surface area contributed by atoms with E-state index in [1.807, 2.05) is 39.8 Å². The van der Waals surface area contributed by atoms with Crippen LogP contribution in [0.1, 0.15) is 46.8 Å². The molecule has 0 aromatic heterocycles. The second-order valence-corrected chi connectivity index (χ2v) is 4.46. The smallest absolute Gasteiger partial charge is 0.165 e. The molecule has 2 heteroatoms. The largest absolute Gasteiger partial charge is 0.393 e. The lowest BCUT2D eigenvalue weighted by Crippen LogP contribution is -2.14. The predicted molar refractivity (Wildman–Crippen MR) is 65.9 cm³/mol. The van der Waals surface area contributed by atoms with Crippen molar-refractivity contribution in [3.8, 4) is 0 Å². The molecular formula is C14H20O2. The Kier molecular flexibility index (Phi) is 4.25. The van der Waals surface area contributed by atoms with Gasteiger partial charge in [-0.25, -0.2) is 0 Å². The van der Waals surface area contributed by atoms with Gasteiger partial charge < -0.3 is 5.11 Å². The van der Waals surface area contributed by atoms with Gasteiger partial charge in [0.15, 0.2) is 5.78 Å². The molecule has 0 saturated heterocycles. The van der Waals surface area contributed by atoms with Gasteiger partial charge in [-0.05, 0) is 38.3 Å². The second kappa shape index (κ2) is 5.26. The van der Waals surface area contributed by atoms with E-state index in [1.165, 1.54) is 5.56 Å². The quantitative estimate of drug-likeness (QED) is 0.792. The van der Waals surface area contributed by atoms with E-state index in [0.29, 0.717) is 6.42 Å². The van der Waals surface area contributed by atoms with Gasteiger partial charge in [0.05, 0.1) is 6.10 Å². The molecule has 1 aromatic rings. The van der Waals surface area contributed by atoms with Gasteiger partial charge in [0.25, 0.3) is 0 Å². The molecule has 0 aliphatic rings. The molecule has 0 saturated carbocycles. The van der Waals surface area contributed by atoms with Crippen LogP contribution < -0.4 is 0 Å². The summed E-state index contributed by atoms with van der Waals surface area (Å²) in [4.78, 5) is 12.0. The molecule has 0 aliphatic carbocycles. The molecule has 0 bridgehead atoms. The number of aryl methyl sites for hydroxylation is 3. The van der Waals surface area contributed by atoms with Gasteiger partial charge in [-0.3, -0.25) is 4.79 Å². The first-order valence-electron chi connectivity index (χ1n) is 5.74. The Morgan fingerprint density at radius 3 is 2.19 bits per heavy atom. The van der Waals surface area contributed by atoms with Gasteiger partial charge in [0, 0.05) is 12.0 Å². The third kappa shape index (κ3) is 2.92. The fourth-order valence-corrected chi connectivity index (χ4v) is 2.08. The van der Waals surface area contributed by atoms with Crippen LogP contribution in [0.25, 0.3) is 0 Å². The van der Waals surface area contributed by atoms with Crippen LogP contribution in [0, 0.1) is 20.8 Å². The zero-order valence-corrected chi connectivity index (χ0v) is 10.5. The number of carbonyl (C=O) groups is 1. The van der Waals surface area contributed by atoms with Crippen molar-refractivity contribution in [1.29, 1.82) is 0 Å². The number of Topliss-reactive ketones (excluding diaryl/α,β-unsaturated/α-hetero) is 1. The summed E-state index contributed by atoms with van der Waals surface area (Å²) < 4.78 is 0. The van der Waals surface area contributed by atoms with E-state index in [-0.39, 0.29) is 12.2 Å². The predicted octanol–water partition coefficient (Wildman–Crippen LogP) is 2.96. The Bertz CT molecular complexity index is 371. The zero-order valence-electron chi connectivity index (χ0n) is 10.5. The molecule has 88 valence electrons. The van der Waals surface area contributed by atoms with E-state index in [2.05, 4.69) is 0 Å². The molecular weight excluding hydrogens is 200 g/mol. The van der Waals surface area contributed by atoms with E-state index >= 15 is 0 Å². The summed E-state index contributed by atoms with van der Waals surface area (Å²) in [7, 11) is 0. The van der Waals surface area contributed by atoms with Gasteiger partial charge in [-0.15, -0.1) is 0 Å². The number of hydrogen-bond donors (Lipinski definition) is 1. The topological polar surface area (TPSA) is 37.3 Å². The highest BCUT2D eigenvalue weighted by atomic mass is 16.3. The molecule has 0 spiro atoms. The maximum absolute atomic E-state index is 12.0. The fraction of sp³-hybridized carbons (Fsp3) is 0.500. The second-order valence-electron chi connectivity index (χ2n) is 4.46. The van der Waals surface area contributed by atoms with Gasteiger partial charge >= 0.3 is 0 Å². The number of rotatable bonds is 4. The van der Waals surface area contributed by atoms with Crippen molar-refractivity contribution in [3.05, 3.63) is 34.4 Å². The molecule has 1 unspecified atom stereocenters. The number of ketones is 1. The number of benzene rings is 1. The van der Waals surface area contributed by atoms with Crippen LogP contribution in [0.4, 0.5) is 0 Å². The maximum atomic E-state index is 12.0. The minimum Gasteiger partial charge on any atom is -0.393 e. The van der Waals surface area contributed by atoms with Crippen LogP contribution in [0.3, 0.4) is 0 Å². The van der Waals surface area contributed by atoms with Crippen molar-refractivity contribution in [1.82, 2.24) is 0 Å². The summed E-state index contributed by atoms with van der Waals surface area (Å²) in [6, 6.07) is 4.02. The van der Waals surface area contributed by atoms with E-state index < -0.39 is 6.10 Å². The number of carbonyl (C=O) groups excluding carboxylic acids is 1. The highest BCUT2D eigenvalue weighted by Crippen LogP contribution is 2.19. The summed E-state index contributed by atoms with van der Waals surface area (Å²) >= 11 is 0. The SMILES string of the molecule is CCC(O)CC(=O)c1c(C)cc(C)cc1C. The lowest BCUT2D eigenvalue weighted by Gasteiger charge is -2.12. The number of aliphatic hydroxyl groups is 1. The highest BCUT2D eigenvalue weighted by Gasteiger charge is 2.15. The van der Waals surface area contributed by atoms with Crippen LogP contribution in [-0.4, -0.2) is 17.0 Å². The minimum atomic E-state index is -0.521. The van der Waals surface area contributed by atoms with Crippen LogP contribution in [0.5, 0.6) is 0 Å². The Morgan fingerprint density at radius 1 is 1.25 bits per heavy atom. The summed E-state index contributed by atoms with van der Waals surface area (Å²) in [5.74, 6) is 0.0457. The number of aliphatic hydroxyl groups excluding tert-OH is 1. The van der Waals surface area contributed by atoms with Crippen molar-refractivity contribution in [2.75, 3.05) is 0 Å². The van der Waals surface area contributed by atoms with Crippen LogP contribution in [-0.2, 0) is 0 Å². The highest BCUT2D eigenvalue weighted by molar-refractivity contribution is 5.99. The third-order valence-corrected chi connectivity index (χ3v) is 2.85. The minimum absolute atomic E-state index is 0.0457. The van der Waals surface area contributed by atoms with Gasteiger partial charge in [-0.1, -0.05) is 24.6 Å². The molecule has 2 nitrogen and oxygen atoms in total. The molecule has 0 heterocycles. The van der Waals surface area contributed by atoms with E-state index in [0.717, 1.165) is 16.7 Å². The van der Waals surface area contributed by atoms with Gasteiger partial charge in [0.1, 0.15) is 0 Å². The van der Waals surface area contributed by atoms with Gasteiger partial charge in [0.2, 0.25) is 0 Å². The van der Waals surface area contributed by atoms with Crippen LogP contribution >= 0.6 is 0 Å². The first kappa shape index (κ1) is 12.9. The first-order valence-corrected chi connectivity index (χ1v) is 5.74. The van der Waals surface area contributed by atoms with Crippen molar-refractivity contribution in [3.63, 3.8) is 0 Å². The number of hydrogen-bond acceptors (Lipinski definition) is 2. The Balaban J connectivity index is 3.00. The van der Waals surface area contributed by atoms with E-state index in [4.69, 9.17) is 0 Å². The summed E-state index contributed by atoms with van der Waals surface area (Å²) in [6.07, 6.45) is 0.323.